The van der Waals surface area contributed by atoms with Crippen LogP contribution in [0.5, 0.6) is 0 Å². The lowest BCUT2D eigenvalue weighted by molar-refractivity contribution is 0.854. The zero-order valence-corrected chi connectivity index (χ0v) is 7.49. The van der Waals surface area contributed by atoms with Gasteiger partial charge in [-0.05, 0) is 29.7 Å². The Morgan fingerprint density at radius 3 is 2.75 bits per heavy atom. The molecule has 0 atom stereocenters. The second-order valence-electron chi connectivity index (χ2n) is 3.46. The smallest absolute Gasteiger partial charge is 0.0450 e. The zero-order chi connectivity index (χ0) is 8.55. The predicted octanol–water partition coefficient (Wildman–Crippen LogP) is 3.06. The predicted molar refractivity (Wildman–Crippen MR) is 51.5 cm³/mol. The maximum atomic E-state index is 2.21. The van der Waals surface area contributed by atoms with E-state index >= 15 is 0 Å². The minimum atomic E-state index is 0.608. The van der Waals surface area contributed by atoms with Crippen molar-refractivity contribution in [3.63, 3.8) is 0 Å². The third-order valence-corrected chi connectivity index (χ3v) is 2.21. The molecule has 0 saturated carbocycles. The molecule has 0 aliphatic rings. The first kappa shape index (κ1) is 7.41. The summed E-state index contributed by atoms with van der Waals surface area (Å²) < 4.78 is 2.16. The molecule has 2 heterocycles. The largest absolute Gasteiger partial charge is 0.324 e. The SMILES string of the molecule is CC(C)c1ccc2cccn2c1. The molecule has 2 aromatic heterocycles. The third kappa shape index (κ3) is 1.11. The van der Waals surface area contributed by atoms with Gasteiger partial charge in [-0.3, -0.25) is 0 Å². The van der Waals surface area contributed by atoms with Gasteiger partial charge in [0.25, 0.3) is 0 Å². The molecule has 0 spiro atoms. The van der Waals surface area contributed by atoms with Crippen LogP contribution in [-0.4, -0.2) is 4.40 Å². The molecule has 0 radical (unpaired) electrons. The molecule has 0 saturated heterocycles. The van der Waals surface area contributed by atoms with E-state index in [9.17, 15) is 0 Å². The van der Waals surface area contributed by atoms with Crippen LogP contribution in [0, 0.1) is 0 Å². The highest BCUT2D eigenvalue weighted by Gasteiger charge is 1.98. The van der Waals surface area contributed by atoms with Crippen LogP contribution in [0.4, 0.5) is 0 Å². The minimum absolute atomic E-state index is 0.608. The van der Waals surface area contributed by atoms with Gasteiger partial charge in [-0.15, -0.1) is 0 Å². The van der Waals surface area contributed by atoms with Crippen LogP contribution in [0.15, 0.2) is 36.7 Å². The number of hydrogen-bond acceptors (Lipinski definition) is 0. The Hall–Kier alpha value is -1.24. The molecule has 62 valence electrons. The first-order valence-corrected chi connectivity index (χ1v) is 4.34. The van der Waals surface area contributed by atoms with Crippen LogP contribution in [0.25, 0.3) is 5.52 Å². The summed E-state index contributed by atoms with van der Waals surface area (Å²) in [5, 5.41) is 0. The fourth-order valence-electron chi connectivity index (χ4n) is 1.39. The second kappa shape index (κ2) is 2.67. The Kier molecular flexibility index (Phi) is 1.65. The van der Waals surface area contributed by atoms with Gasteiger partial charge >= 0.3 is 0 Å². The van der Waals surface area contributed by atoms with Crippen LogP contribution in [0.3, 0.4) is 0 Å². The van der Waals surface area contributed by atoms with Crippen molar-refractivity contribution in [2.45, 2.75) is 19.8 Å². The molecule has 0 N–H and O–H groups in total. The molecule has 0 unspecified atom stereocenters. The monoisotopic (exact) mass is 159 g/mol. The van der Waals surface area contributed by atoms with Crippen molar-refractivity contribution in [3.8, 4) is 0 Å². The summed E-state index contributed by atoms with van der Waals surface area (Å²) in [4.78, 5) is 0. The normalized spacial score (nSPS) is 11.2. The van der Waals surface area contributed by atoms with E-state index in [4.69, 9.17) is 0 Å². The molecular formula is C11H13N. The van der Waals surface area contributed by atoms with Crippen molar-refractivity contribution in [2.75, 3.05) is 0 Å². The summed E-state index contributed by atoms with van der Waals surface area (Å²) in [6, 6.07) is 8.54. The average Bonchev–Trinajstić information content (AvgIpc) is 2.49. The van der Waals surface area contributed by atoms with Gasteiger partial charge in [0.05, 0.1) is 0 Å². The summed E-state index contributed by atoms with van der Waals surface area (Å²) in [6.45, 7) is 4.43. The molecule has 0 aromatic carbocycles. The molecular weight excluding hydrogens is 146 g/mol. The molecule has 0 aliphatic heterocycles. The van der Waals surface area contributed by atoms with Crippen molar-refractivity contribution in [2.24, 2.45) is 0 Å². The number of aromatic nitrogens is 1. The number of hydrogen-bond donors (Lipinski definition) is 0. The lowest BCUT2D eigenvalue weighted by Gasteiger charge is -2.05. The molecule has 1 heteroatoms. The minimum Gasteiger partial charge on any atom is -0.324 e. The number of pyridine rings is 1. The lowest BCUT2D eigenvalue weighted by atomic mass is 10.1. The maximum absolute atomic E-state index is 2.21. The molecule has 2 rings (SSSR count). The van der Waals surface area contributed by atoms with Crippen LogP contribution in [0.1, 0.15) is 25.3 Å². The van der Waals surface area contributed by atoms with Crippen molar-refractivity contribution >= 4 is 5.52 Å². The van der Waals surface area contributed by atoms with Crippen molar-refractivity contribution in [1.82, 2.24) is 4.40 Å². The Morgan fingerprint density at radius 1 is 1.17 bits per heavy atom. The molecule has 2 aromatic rings. The van der Waals surface area contributed by atoms with Crippen LogP contribution < -0.4 is 0 Å². The van der Waals surface area contributed by atoms with Crippen LogP contribution >= 0.6 is 0 Å². The molecule has 1 nitrogen and oxygen atoms in total. The molecule has 0 fully saturated rings. The summed E-state index contributed by atoms with van der Waals surface area (Å²) in [5.74, 6) is 0.608. The lowest BCUT2D eigenvalue weighted by Crippen LogP contribution is -1.90. The Morgan fingerprint density at radius 2 is 2.00 bits per heavy atom. The molecule has 0 bridgehead atoms. The highest BCUT2D eigenvalue weighted by atomic mass is 14.8. The Bertz CT molecular complexity index is 385. The van der Waals surface area contributed by atoms with Crippen molar-refractivity contribution in [1.29, 1.82) is 0 Å². The summed E-state index contributed by atoms with van der Waals surface area (Å²) in [7, 11) is 0. The van der Waals surface area contributed by atoms with Gasteiger partial charge in [-0.25, -0.2) is 0 Å². The molecule has 0 amide bonds. The highest BCUT2D eigenvalue weighted by molar-refractivity contribution is 5.48. The standard InChI is InChI=1S/C11H13N/c1-9(2)10-5-6-11-4-3-7-12(11)8-10/h3-9H,1-2H3. The number of nitrogens with zero attached hydrogens (tertiary/aromatic N) is 1. The van der Waals surface area contributed by atoms with Gasteiger partial charge < -0.3 is 4.40 Å². The zero-order valence-electron chi connectivity index (χ0n) is 7.49. The van der Waals surface area contributed by atoms with Gasteiger partial charge in [0, 0.05) is 17.9 Å². The van der Waals surface area contributed by atoms with Gasteiger partial charge in [-0.2, -0.15) is 0 Å². The summed E-state index contributed by atoms with van der Waals surface area (Å²) in [5.41, 5.74) is 2.65. The first-order chi connectivity index (χ1) is 5.77. The van der Waals surface area contributed by atoms with E-state index in [1.54, 1.807) is 0 Å². The van der Waals surface area contributed by atoms with E-state index in [-0.39, 0.29) is 0 Å². The van der Waals surface area contributed by atoms with E-state index in [0.717, 1.165) is 0 Å². The summed E-state index contributed by atoms with van der Waals surface area (Å²) in [6.07, 6.45) is 4.28. The van der Waals surface area contributed by atoms with Gasteiger partial charge in [-0.1, -0.05) is 19.9 Å². The van der Waals surface area contributed by atoms with E-state index in [2.05, 4.69) is 54.9 Å². The summed E-state index contributed by atoms with van der Waals surface area (Å²) >= 11 is 0. The fourth-order valence-corrected chi connectivity index (χ4v) is 1.39. The van der Waals surface area contributed by atoms with Crippen LogP contribution in [-0.2, 0) is 0 Å². The second-order valence-corrected chi connectivity index (χ2v) is 3.46. The van der Waals surface area contributed by atoms with E-state index < -0.39 is 0 Å². The van der Waals surface area contributed by atoms with Gasteiger partial charge in [0.2, 0.25) is 0 Å². The van der Waals surface area contributed by atoms with Crippen molar-refractivity contribution < 1.29 is 0 Å². The van der Waals surface area contributed by atoms with E-state index in [1.807, 2.05) is 0 Å². The quantitative estimate of drug-likeness (QED) is 0.602. The Balaban J connectivity index is 2.60. The molecule has 0 aliphatic carbocycles. The van der Waals surface area contributed by atoms with E-state index in [1.165, 1.54) is 11.1 Å². The topological polar surface area (TPSA) is 4.41 Å². The molecule has 12 heavy (non-hydrogen) atoms. The Labute approximate surface area is 72.6 Å². The van der Waals surface area contributed by atoms with Gasteiger partial charge in [0.15, 0.2) is 0 Å². The maximum Gasteiger partial charge on any atom is 0.0450 e. The number of rotatable bonds is 1. The average molecular weight is 159 g/mol. The first-order valence-electron chi connectivity index (χ1n) is 4.34. The van der Waals surface area contributed by atoms with Gasteiger partial charge in [0.1, 0.15) is 0 Å². The fraction of sp³-hybridized carbons (Fsp3) is 0.273. The highest BCUT2D eigenvalue weighted by Crippen LogP contribution is 2.15. The van der Waals surface area contributed by atoms with Crippen LogP contribution in [0.2, 0.25) is 0 Å². The third-order valence-electron chi connectivity index (χ3n) is 2.21. The van der Waals surface area contributed by atoms with E-state index in [0.29, 0.717) is 5.92 Å². The van der Waals surface area contributed by atoms with Crippen molar-refractivity contribution in [3.05, 3.63) is 42.2 Å². The number of fused-ring (bicyclic) bond motifs is 1.